The third-order valence-corrected chi connectivity index (χ3v) is 2.31. The number of nitrogens with zero attached hydrogens (tertiary/aromatic N) is 1. The van der Waals surface area contributed by atoms with Crippen LogP contribution in [-0.2, 0) is 0 Å². The standard InChI is InChI=1S/C9H17NS/c1-5-6-7-8(2)11-9(3)10-4/h7H,5-6H2,1-4H3/b8-7-,10-9-. The maximum atomic E-state index is 4.08. The summed E-state index contributed by atoms with van der Waals surface area (Å²) >= 11 is 1.75. The molecule has 0 amide bonds. The lowest BCUT2D eigenvalue weighted by Gasteiger charge is -1.98. The molecule has 0 rings (SSSR count). The summed E-state index contributed by atoms with van der Waals surface area (Å²) in [6.07, 6.45) is 4.66. The molecule has 1 nitrogen and oxygen atoms in total. The first-order valence-corrected chi connectivity index (χ1v) is 4.80. The van der Waals surface area contributed by atoms with Gasteiger partial charge in [-0.05, 0) is 25.2 Å². The molecule has 0 aliphatic heterocycles. The number of hydrogen-bond acceptors (Lipinski definition) is 2. The van der Waals surface area contributed by atoms with Crippen molar-refractivity contribution in [2.24, 2.45) is 4.99 Å². The van der Waals surface area contributed by atoms with Crippen molar-refractivity contribution in [3.05, 3.63) is 11.0 Å². The lowest BCUT2D eigenvalue weighted by atomic mass is 10.3. The molecule has 0 bridgehead atoms. The van der Waals surface area contributed by atoms with Crippen LogP contribution in [0.15, 0.2) is 16.0 Å². The van der Waals surface area contributed by atoms with E-state index in [1.807, 2.05) is 14.0 Å². The summed E-state index contributed by atoms with van der Waals surface area (Å²) in [4.78, 5) is 5.43. The van der Waals surface area contributed by atoms with Gasteiger partial charge < -0.3 is 0 Å². The van der Waals surface area contributed by atoms with Crippen LogP contribution in [0.3, 0.4) is 0 Å². The Morgan fingerprint density at radius 1 is 1.45 bits per heavy atom. The maximum Gasteiger partial charge on any atom is 0.0685 e. The molecule has 11 heavy (non-hydrogen) atoms. The fourth-order valence-corrected chi connectivity index (χ4v) is 1.43. The first-order chi connectivity index (χ1) is 5.20. The van der Waals surface area contributed by atoms with E-state index in [2.05, 4.69) is 24.9 Å². The van der Waals surface area contributed by atoms with E-state index in [-0.39, 0.29) is 0 Å². The van der Waals surface area contributed by atoms with E-state index in [0.717, 1.165) is 5.04 Å². The number of thioether (sulfide) groups is 1. The molecule has 0 aromatic heterocycles. The Labute approximate surface area is 74.0 Å². The van der Waals surface area contributed by atoms with Crippen LogP contribution < -0.4 is 0 Å². The molecule has 0 N–H and O–H groups in total. The molecule has 0 saturated carbocycles. The Bertz CT molecular complexity index is 159. The average molecular weight is 171 g/mol. The largest absolute Gasteiger partial charge is 0.286 e. The van der Waals surface area contributed by atoms with Gasteiger partial charge in [-0.1, -0.05) is 31.2 Å². The first-order valence-electron chi connectivity index (χ1n) is 3.98. The molecular formula is C9H17NS. The van der Waals surface area contributed by atoms with Crippen molar-refractivity contribution in [1.29, 1.82) is 0 Å². The van der Waals surface area contributed by atoms with Gasteiger partial charge in [0.15, 0.2) is 0 Å². The van der Waals surface area contributed by atoms with Crippen molar-refractivity contribution in [3.8, 4) is 0 Å². The van der Waals surface area contributed by atoms with Crippen LogP contribution in [0.1, 0.15) is 33.6 Å². The van der Waals surface area contributed by atoms with Gasteiger partial charge in [-0.3, -0.25) is 4.99 Å². The van der Waals surface area contributed by atoms with Crippen LogP contribution in [0.25, 0.3) is 0 Å². The van der Waals surface area contributed by atoms with Gasteiger partial charge in [-0.2, -0.15) is 0 Å². The van der Waals surface area contributed by atoms with E-state index in [9.17, 15) is 0 Å². The van der Waals surface area contributed by atoms with E-state index < -0.39 is 0 Å². The zero-order valence-electron chi connectivity index (χ0n) is 7.85. The molecule has 0 aliphatic rings. The lowest BCUT2D eigenvalue weighted by Crippen LogP contribution is -1.82. The van der Waals surface area contributed by atoms with Crippen LogP contribution in [0.5, 0.6) is 0 Å². The Morgan fingerprint density at radius 2 is 2.09 bits per heavy atom. The molecule has 0 fully saturated rings. The highest BCUT2D eigenvalue weighted by atomic mass is 32.2. The minimum atomic E-state index is 1.13. The summed E-state index contributed by atoms with van der Waals surface area (Å²) in [5.74, 6) is 0. The van der Waals surface area contributed by atoms with Gasteiger partial charge in [0.2, 0.25) is 0 Å². The Hall–Kier alpha value is -0.240. The fraction of sp³-hybridized carbons (Fsp3) is 0.667. The van der Waals surface area contributed by atoms with Crippen LogP contribution in [-0.4, -0.2) is 12.1 Å². The van der Waals surface area contributed by atoms with Gasteiger partial charge in [0.1, 0.15) is 0 Å². The molecule has 0 aromatic carbocycles. The number of allylic oxidation sites excluding steroid dienone is 2. The molecule has 0 saturated heterocycles. The highest BCUT2D eigenvalue weighted by molar-refractivity contribution is 8.17. The zero-order valence-corrected chi connectivity index (χ0v) is 8.66. The first kappa shape index (κ1) is 10.8. The van der Waals surface area contributed by atoms with Gasteiger partial charge in [-0.15, -0.1) is 0 Å². The number of hydrogen-bond donors (Lipinski definition) is 0. The van der Waals surface area contributed by atoms with E-state index in [1.54, 1.807) is 11.8 Å². The molecule has 64 valence electrons. The second-order valence-electron chi connectivity index (χ2n) is 2.45. The minimum Gasteiger partial charge on any atom is -0.286 e. The Kier molecular flexibility index (Phi) is 6.33. The van der Waals surface area contributed by atoms with E-state index >= 15 is 0 Å². The number of aliphatic imine (C=N–C) groups is 1. The van der Waals surface area contributed by atoms with Crippen molar-refractivity contribution >= 4 is 16.8 Å². The quantitative estimate of drug-likeness (QED) is 0.468. The second-order valence-corrected chi connectivity index (χ2v) is 3.89. The summed E-state index contributed by atoms with van der Waals surface area (Å²) in [5, 5.41) is 1.13. The van der Waals surface area contributed by atoms with Crippen LogP contribution >= 0.6 is 11.8 Å². The zero-order chi connectivity index (χ0) is 8.69. The SMILES string of the molecule is CCC/C=C(/C)S/C(C)=N\C. The van der Waals surface area contributed by atoms with Crippen molar-refractivity contribution in [1.82, 2.24) is 0 Å². The highest BCUT2D eigenvalue weighted by Gasteiger charge is 1.91. The molecule has 0 spiro atoms. The van der Waals surface area contributed by atoms with E-state index in [1.165, 1.54) is 17.7 Å². The molecule has 0 aliphatic carbocycles. The van der Waals surface area contributed by atoms with E-state index in [0.29, 0.717) is 0 Å². The summed E-state index contributed by atoms with van der Waals surface area (Å²) in [5.41, 5.74) is 0. The summed E-state index contributed by atoms with van der Waals surface area (Å²) in [6.45, 7) is 6.36. The highest BCUT2D eigenvalue weighted by Crippen LogP contribution is 2.17. The predicted molar refractivity (Wildman–Crippen MR) is 55.3 cm³/mol. The van der Waals surface area contributed by atoms with Crippen LogP contribution in [0.4, 0.5) is 0 Å². The normalized spacial score (nSPS) is 13.8. The van der Waals surface area contributed by atoms with Crippen molar-refractivity contribution in [2.75, 3.05) is 7.05 Å². The Balaban J connectivity index is 3.76. The Morgan fingerprint density at radius 3 is 2.55 bits per heavy atom. The van der Waals surface area contributed by atoms with Gasteiger partial charge in [0.05, 0.1) is 5.04 Å². The third kappa shape index (κ3) is 6.17. The van der Waals surface area contributed by atoms with E-state index in [4.69, 9.17) is 0 Å². The average Bonchev–Trinajstić information content (AvgIpc) is 2.00. The van der Waals surface area contributed by atoms with Crippen molar-refractivity contribution in [2.45, 2.75) is 33.6 Å². The minimum absolute atomic E-state index is 1.13. The van der Waals surface area contributed by atoms with Crippen molar-refractivity contribution < 1.29 is 0 Å². The van der Waals surface area contributed by atoms with Gasteiger partial charge in [-0.25, -0.2) is 0 Å². The molecule has 0 atom stereocenters. The van der Waals surface area contributed by atoms with Crippen molar-refractivity contribution in [3.63, 3.8) is 0 Å². The molecular weight excluding hydrogens is 154 g/mol. The van der Waals surface area contributed by atoms with Crippen LogP contribution in [0.2, 0.25) is 0 Å². The summed E-state index contributed by atoms with van der Waals surface area (Å²) in [6, 6.07) is 0. The smallest absolute Gasteiger partial charge is 0.0685 e. The molecule has 0 unspecified atom stereocenters. The van der Waals surface area contributed by atoms with Crippen LogP contribution in [0, 0.1) is 0 Å². The fourth-order valence-electron chi connectivity index (χ4n) is 0.668. The maximum absolute atomic E-state index is 4.08. The van der Waals surface area contributed by atoms with Gasteiger partial charge in [0.25, 0.3) is 0 Å². The molecule has 0 aromatic rings. The number of unbranched alkanes of at least 4 members (excludes halogenated alkanes) is 1. The second kappa shape index (κ2) is 6.47. The summed E-state index contributed by atoms with van der Waals surface area (Å²) < 4.78 is 0. The topological polar surface area (TPSA) is 12.4 Å². The summed E-state index contributed by atoms with van der Waals surface area (Å²) in [7, 11) is 1.83. The number of rotatable bonds is 3. The van der Waals surface area contributed by atoms with Gasteiger partial charge >= 0.3 is 0 Å². The monoisotopic (exact) mass is 171 g/mol. The van der Waals surface area contributed by atoms with Gasteiger partial charge in [0, 0.05) is 7.05 Å². The molecule has 2 heteroatoms. The predicted octanol–water partition coefficient (Wildman–Crippen LogP) is 3.47. The third-order valence-electron chi connectivity index (χ3n) is 1.34. The lowest BCUT2D eigenvalue weighted by molar-refractivity contribution is 0.955. The molecule has 0 heterocycles. The molecule has 0 radical (unpaired) electrons.